The van der Waals surface area contributed by atoms with Gasteiger partial charge in [-0.1, -0.05) is 27.7 Å². The van der Waals surface area contributed by atoms with Crippen LogP contribution in [0.3, 0.4) is 0 Å². The van der Waals surface area contributed by atoms with Crippen LogP contribution in [0, 0.1) is 22.7 Å². The van der Waals surface area contributed by atoms with Gasteiger partial charge < -0.3 is 24.8 Å². The van der Waals surface area contributed by atoms with E-state index in [1.165, 1.54) is 0 Å². The topological polar surface area (TPSA) is 79.2 Å². The molecule has 0 unspecified atom stereocenters. The van der Waals surface area contributed by atoms with Gasteiger partial charge in [-0.3, -0.25) is 0 Å². The summed E-state index contributed by atoms with van der Waals surface area (Å²) in [6.07, 6.45) is 3.23. The molecule has 5 heteroatoms. The second-order valence-corrected chi connectivity index (χ2v) is 10.4. The zero-order valence-corrected chi connectivity index (χ0v) is 17.3. The largest absolute Gasteiger partial charge is 0.508 e. The molecule has 1 aromatic rings. The number of ether oxygens (including phenoxy) is 2. The molecule has 154 valence electrons. The van der Waals surface area contributed by atoms with Crippen LogP contribution in [0.2, 0.25) is 0 Å². The van der Waals surface area contributed by atoms with Crippen molar-refractivity contribution in [1.82, 2.24) is 0 Å². The van der Waals surface area contributed by atoms with Gasteiger partial charge in [0.15, 0.2) is 6.29 Å². The summed E-state index contributed by atoms with van der Waals surface area (Å²) in [5.41, 5.74) is 1.69. The Labute approximate surface area is 166 Å². The molecule has 0 aromatic heterocycles. The maximum atomic E-state index is 10.8. The standard InChI is InChI=1S/C23H32O5/c1-12-5-6-17-21(2,3)18(25)7-8-22(17,4)23(12)10-14-16(24)9-13-15(19(14)28-23)11-27-20(13)26/h9,12,17-18,20,24-26H,5-8,10-11H2,1-4H3/t12-,17-,18+,20-,22-,23-/m0/s1. The lowest BCUT2D eigenvalue weighted by molar-refractivity contribution is -0.210. The molecule has 0 saturated heterocycles. The average Bonchev–Trinajstić information content (AvgIpc) is 3.20. The molecule has 1 spiro atoms. The lowest BCUT2D eigenvalue weighted by Gasteiger charge is -2.64. The fourth-order valence-corrected chi connectivity index (χ4v) is 7.19. The van der Waals surface area contributed by atoms with Crippen molar-refractivity contribution in [2.75, 3.05) is 0 Å². The summed E-state index contributed by atoms with van der Waals surface area (Å²) in [5, 5.41) is 31.6. The quantitative estimate of drug-likeness (QED) is 0.630. The minimum Gasteiger partial charge on any atom is -0.508 e. The van der Waals surface area contributed by atoms with E-state index in [4.69, 9.17) is 9.47 Å². The molecule has 5 rings (SSSR count). The van der Waals surface area contributed by atoms with E-state index in [2.05, 4.69) is 27.7 Å². The van der Waals surface area contributed by atoms with Gasteiger partial charge in [0.1, 0.15) is 17.1 Å². The van der Waals surface area contributed by atoms with E-state index in [1.54, 1.807) is 6.07 Å². The minimum absolute atomic E-state index is 0.0934. The molecule has 2 saturated carbocycles. The molecule has 5 nitrogen and oxygen atoms in total. The Bertz CT molecular complexity index is 833. The zero-order valence-electron chi connectivity index (χ0n) is 17.3. The predicted octanol–water partition coefficient (Wildman–Crippen LogP) is 3.82. The Morgan fingerprint density at radius 3 is 2.57 bits per heavy atom. The first-order valence-corrected chi connectivity index (χ1v) is 10.7. The number of aliphatic hydroxyl groups excluding tert-OH is 2. The number of benzene rings is 1. The highest BCUT2D eigenvalue weighted by Gasteiger charge is 2.67. The Kier molecular flexibility index (Phi) is 3.77. The predicted molar refractivity (Wildman–Crippen MR) is 104 cm³/mol. The highest BCUT2D eigenvalue weighted by atomic mass is 16.6. The third-order valence-corrected chi connectivity index (χ3v) is 8.99. The smallest absolute Gasteiger partial charge is 0.182 e. The van der Waals surface area contributed by atoms with Crippen LogP contribution in [-0.4, -0.2) is 27.0 Å². The fraction of sp³-hybridized carbons (Fsp3) is 0.739. The third-order valence-electron chi connectivity index (χ3n) is 8.99. The van der Waals surface area contributed by atoms with Gasteiger partial charge in [0.2, 0.25) is 0 Å². The van der Waals surface area contributed by atoms with Crippen molar-refractivity contribution in [3.63, 3.8) is 0 Å². The van der Waals surface area contributed by atoms with E-state index in [0.29, 0.717) is 30.4 Å². The third kappa shape index (κ3) is 2.08. The Hall–Kier alpha value is -1.30. The molecule has 2 fully saturated rings. The first-order chi connectivity index (χ1) is 13.1. The number of rotatable bonds is 0. The lowest BCUT2D eigenvalue weighted by Crippen LogP contribution is -2.66. The molecule has 2 aliphatic carbocycles. The Balaban J connectivity index is 1.64. The summed E-state index contributed by atoms with van der Waals surface area (Å²) in [5.74, 6) is 1.62. The van der Waals surface area contributed by atoms with Gasteiger partial charge in [0, 0.05) is 28.5 Å². The van der Waals surface area contributed by atoms with Crippen molar-refractivity contribution < 1.29 is 24.8 Å². The van der Waals surface area contributed by atoms with E-state index in [9.17, 15) is 15.3 Å². The first kappa shape index (κ1) is 18.7. The number of hydrogen-bond donors (Lipinski definition) is 3. The normalized spacial score (nSPS) is 43.4. The van der Waals surface area contributed by atoms with Crippen LogP contribution in [0.15, 0.2) is 6.07 Å². The van der Waals surface area contributed by atoms with Gasteiger partial charge in [0.25, 0.3) is 0 Å². The molecule has 0 amide bonds. The van der Waals surface area contributed by atoms with E-state index < -0.39 is 11.9 Å². The number of phenolic OH excluding ortho intramolecular Hbond substituents is 1. The van der Waals surface area contributed by atoms with E-state index in [1.807, 2.05) is 0 Å². The van der Waals surface area contributed by atoms with Crippen LogP contribution < -0.4 is 4.74 Å². The molecule has 0 bridgehead atoms. The first-order valence-electron chi connectivity index (χ1n) is 10.7. The molecule has 28 heavy (non-hydrogen) atoms. The monoisotopic (exact) mass is 388 g/mol. The van der Waals surface area contributed by atoms with Crippen LogP contribution in [0.25, 0.3) is 0 Å². The summed E-state index contributed by atoms with van der Waals surface area (Å²) in [4.78, 5) is 0. The van der Waals surface area contributed by atoms with E-state index in [-0.39, 0.29) is 22.7 Å². The van der Waals surface area contributed by atoms with E-state index >= 15 is 0 Å². The van der Waals surface area contributed by atoms with Crippen molar-refractivity contribution in [3.8, 4) is 11.5 Å². The number of fused-ring (bicyclic) bond motifs is 5. The summed E-state index contributed by atoms with van der Waals surface area (Å²) in [6.45, 7) is 9.33. The zero-order chi connectivity index (χ0) is 20.1. The summed E-state index contributed by atoms with van der Waals surface area (Å²) in [7, 11) is 0. The minimum atomic E-state index is -0.998. The van der Waals surface area contributed by atoms with Crippen molar-refractivity contribution >= 4 is 0 Å². The van der Waals surface area contributed by atoms with Crippen molar-refractivity contribution in [3.05, 3.63) is 22.8 Å². The average molecular weight is 389 g/mol. The van der Waals surface area contributed by atoms with Crippen LogP contribution in [-0.2, 0) is 17.8 Å². The molecule has 2 aliphatic heterocycles. The number of aromatic hydroxyl groups is 1. The maximum Gasteiger partial charge on any atom is 0.182 e. The van der Waals surface area contributed by atoms with Crippen LogP contribution in [0.5, 0.6) is 11.5 Å². The second kappa shape index (κ2) is 5.65. The van der Waals surface area contributed by atoms with Crippen molar-refractivity contribution in [1.29, 1.82) is 0 Å². The molecule has 3 N–H and O–H groups in total. The van der Waals surface area contributed by atoms with Gasteiger partial charge in [-0.2, -0.15) is 0 Å². The maximum absolute atomic E-state index is 10.8. The van der Waals surface area contributed by atoms with Crippen molar-refractivity contribution in [2.45, 2.75) is 84.4 Å². The Morgan fingerprint density at radius 2 is 1.82 bits per heavy atom. The lowest BCUT2D eigenvalue weighted by atomic mass is 9.43. The number of hydrogen-bond acceptors (Lipinski definition) is 5. The molecule has 0 radical (unpaired) electrons. The van der Waals surface area contributed by atoms with Crippen molar-refractivity contribution in [2.24, 2.45) is 22.7 Å². The van der Waals surface area contributed by atoms with Crippen LogP contribution in [0.1, 0.15) is 76.4 Å². The summed E-state index contributed by atoms with van der Waals surface area (Å²) < 4.78 is 12.3. The number of phenols is 1. The van der Waals surface area contributed by atoms with Gasteiger partial charge in [-0.15, -0.1) is 0 Å². The Morgan fingerprint density at radius 1 is 1.07 bits per heavy atom. The molecule has 6 atom stereocenters. The molecular formula is C23H32O5. The summed E-state index contributed by atoms with van der Waals surface area (Å²) >= 11 is 0. The highest BCUT2D eigenvalue weighted by molar-refractivity contribution is 5.58. The van der Waals surface area contributed by atoms with Gasteiger partial charge in [-0.25, -0.2) is 0 Å². The molecular weight excluding hydrogens is 356 g/mol. The van der Waals surface area contributed by atoms with E-state index in [0.717, 1.165) is 42.6 Å². The highest BCUT2D eigenvalue weighted by Crippen LogP contribution is 2.67. The van der Waals surface area contributed by atoms with Gasteiger partial charge >= 0.3 is 0 Å². The van der Waals surface area contributed by atoms with Crippen LogP contribution >= 0.6 is 0 Å². The van der Waals surface area contributed by atoms with Crippen LogP contribution in [0.4, 0.5) is 0 Å². The van der Waals surface area contributed by atoms with Gasteiger partial charge in [-0.05, 0) is 49.0 Å². The fourth-order valence-electron chi connectivity index (χ4n) is 7.19. The second-order valence-electron chi connectivity index (χ2n) is 10.4. The summed E-state index contributed by atoms with van der Waals surface area (Å²) in [6, 6.07) is 1.65. The molecule has 1 aromatic carbocycles. The number of aliphatic hydroxyl groups is 2. The SMILES string of the molecule is C[C@H]1CC[C@H]2C(C)(C)[C@H](O)CC[C@]2(C)[C@]12Cc1c(O)cc3c(c1O2)CO[C@@H]3O. The van der Waals surface area contributed by atoms with Gasteiger partial charge in [0.05, 0.1) is 12.7 Å². The molecule has 4 aliphatic rings. The molecule has 2 heterocycles.